The van der Waals surface area contributed by atoms with Crippen molar-refractivity contribution in [2.24, 2.45) is 0 Å². The zero-order valence-electron chi connectivity index (χ0n) is 15.3. The third-order valence-electron chi connectivity index (χ3n) is 3.97. The molecule has 27 heavy (non-hydrogen) atoms. The summed E-state index contributed by atoms with van der Waals surface area (Å²) in [6, 6.07) is 17.2. The topological polar surface area (TPSA) is 88.0 Å². The van der Waals surface area contributed by atoms with Gasteiger partial charge in [-0.05, 0) is 36.5 Å². The average molecular weight is 373 g/mol. The number of ether oxygens (including phenoxy) is 2. The molecule has 1 amide bonds. The van der Waals surface area contributed by atoms with Gasteiger partial charge in [0.2, 0.25) is 0 Å². The Morgan fingerprint density at radius 1 is 1.04 bits per heavy atom. The van der Waals surface area contributed by atoms with Crippen LogP contribution in [0.3, 0.4) is 0 Å². The Kier molecular flexibility index (Phi) is 9.17. The van der Waals surface area contributed by atoms with E-state index >= 15 is 0 Å². The van der Waals surface area contributed by atoms with Crippen molar-refractivity contribution in [3.8, 4) is 5.75 Å². The lowest BCUT2D eigenvalue weighted by Crippen LogP contribution is -2.25. The van der Waals surface area contributed by atoms with Crippen LogP contribution in [0.2, 0.25) is 0 Å². The standard InChI is InChI=1S/C21H27NO5/c23-14-19(24)16-26-20-12-5-4-10-18(20)11-6-7-13-22-21(25)27-15-17-8-2-1-3-9-17/h1-5,8-10,12,19,23-24H,6-7,11,13-16H2,(H,22,25). The molecule has 0 heterocycles. The van der Waals surface area contributed by atoms with Crippen LogP contribution in [0, 0.1) is 0 Å². The summed E-state index contributed by atoms with van der Waals surface area (Å²) in [6.45, 7) is 0.535. The number of carbonyl (C=O) groups excluding carboxylic acids is 1. The van der Waals surface area contributed by atoms with Gasteiger partial charge in [-0.25, -0.2) is 4.79 Å². The van der Waals surface area contributed by atoms with E-state index in [0.29, 0.717) is 12.3 Å². The van der Waals surface area contributed by atoms with Gasteiger partial charge in [0.25, 0.3) is 0 Å². The molecular formula is C21H27NO5. The first-order valence-corrected chi connectivity index (χ1v) is 9.13. The van der Waals surface area contributed by atoms with E-state index in [1.54, 1.807) is 0 Å². The summed E-state index contributed by atoms with van der Waals surface area (Å²) in [5, 5.41) is 21.0. The number of carbonyl (C=O) groups is 1. The van der Waals surface area contributed by atoms with Crippen LogP contribution < -0.4 is 10.1 Å². The second-order valence-electron chi connectivity index (χ2n) is 6.20. The highest BCUT2D eigenvalue weighted by atomic mass is 16.5. The maximum Gasteiger partial charge on any atom is 0.407 e. The molecule has 0 saturated heterocycles. The minimum Gasteiger partial charge on any atom is -0.491 e. The molecule has 6 heteroatoms. The van der Waals surface area contributed by atoms with Gasteiger partial charge in [-0.15, -0.1) is 0 Å². The smallest absolute Gasteiger partial charge is 0.407 e. The molecule has 3 N–H and O–H groups in total. The van der Waals surface area contributed by atoms with Crippen LogP contribution in [0.1, 0.15) is 24.0 Å². The van der Waals surface area contributed by atoms with E-state index in [2.05, 4.69) is 5.32 Å². The van der Waals surface area contributed by atoms with Gasteiger partial charge < -0.3 is 25.0 Å². The number of para-hydroxylation sites is 1. The summed E-state index contributed by atoms with van der Waals surface area (Å²) >= 11 is 0. The van der Waals surface area contributed by atoms with Gasteiger partial charge in [-0.2, -0.15) is 0 Å². The monoisotopic (exact) mass is 373 g/mol. The number of nitrogens with one attached hydrogen (secondary N) is 1. The van der Waals surface area contributed by atoms with E-state index in [-0.39, 0.29) is 19.8 Å². The molecular weight excluding hydrogens is 346 g/mol. The van der Waals surface area contributed by atoms with E-state index in [1.165, 1.54) is 0 Å². The fraction of sp³-hybridized carbons (Fsp3) is 0.381. The van der Waals surface area contributed by atoms with Gasteiger partial charge in [0.1, 0.15) is 25.1 Å². The third-order valence-corrected chi connectivity index (χ3v) is 3.97. The second kappa shape index (κ2) is 11.9. The first-order chi connectivity index (χ1) is 13.2. The Morgan fingerprint density at radius 3 is 2.56 bits per heavy atom. The van der Waals surface area contributed by atoms with Crippen LogP contribution in [0.15, 0.2) is 54.6 Å². The lowest BCUT2D eigenvalue weighted by molar-refractivity contribution is 0.0533. The molecule has 0 fully saturated rings. The highest BCUT2D eigenvalue weighted by Gasteiger charge is 2.07. The average Bonchev–Trinajstić information content (AvgIpc) is 2.71. The number of benzene rings is 2. The minimum atomic E-state index is -0.885. The van der Waals surface area contributed by atoms with Crippen LogP contribution >= 0.6 is 0 Å². The van der Waals surface area contributed by atoms with Crippen LogP contribution in [-0.2, 0) is 17.8 Å². The summed E-state index contributed by atoms with van der Waals surface area (Å²) in [5.41, 5.74) is 1.99. The molecule has 0 radical (unpaired) electrons. The van der Waals surface area contributed by atoms with Crippen LogP contribution in [0.25, 0.3) is 0 Å². The van der Waals surface area contributed by atoms with E-state index in [1.807, 2.05) is 54.6 Å². The molecule has 1 atom stereocenters. The van der Waals surface area contributed by atoms with Gasteiger partial charge in [-0.1, -0.05) is 48.5 Å². The Balaban J connectivity index is 1.63. The van der Waals surface area contributed by atoms with Crippen LogP contribution in [0.4, 0.5) is 4.79 Å². The number of hydrogen-bond donors (Lipinski definition) is 3. The van der Waals surface area contributed by atoms with E-state index in [9.17, 15) is 9.90 Å². The molecule has 0 aliphatic rings. The molecule has 2 rings (SSSR count). The lowest BCUT2D eigenvalue weighted by Gasteiger charge is -2.13. The third kappa shape index (κ3) is 8.11. The minimum absolute atomic E-state index is 0.0579. The predicted octanol–water partition coefficient (Wildman–Crippen LogP) is 2.67. The first-order valence-electron chi connectivity index (χ1n) is 9.13. The number of aryl methyl sites for hydroxylation is 1. The van der Waals surface area contributed by atoms with Crippen LogP contribution in [-0.4, -0.2) is 42.2 Å². The first kappa shape index (κ1) is 20.7. The molecule has 1 unspecified atom stereocenters. The van der Waals surface area contributed by atoms with Gasteiger partial charge in [-0.3, -0.25) is 0 Å². The van der Waals surface area contributed by atoms with E-state index in [4.69, 9.17) is 14.6 Å². The van der Waals surface area contributed by atoms with Gasteiger partial charge in [0, 0.05) is 6.54 Å². The maximum atomic E-state index is 11.7. The maximum absolute atomic E-state index is 11.7. The number of alkyl carbamates (subject to hydrolysis) is 1. The van der Waals surface area contributed by atoms with Crippen LogP contribution in [0.5, 0.6) is 5.75 Å². The molecule has 0 spiro atoms. The number of aliphatic hydroxyl groups is 2. The molecule has 0 aliphatic carbocycles. The fourth-order valence-electron chi connectivity index (χ4n) is 2.49. The molecule has 2 aromatic rings. The molecule has 0 aliphatic heterocycles. The Bertz CT molecular complexity index is 677. The molecule has 2 aromatic carbocycles. The zero-order valence-corrected chi connectivity index (χ0v) is 15.3. The number of unbranched alkanes of at least 4 members (excludes halogenated alkanes) is 1. The number of hydrogen-bond acceptors (Lipinski definition) is 5. The van der Waals surface area contributed by atoms with Crippen molar-refractivity contribution < 1.29 is 24.5 Å². The highest BCUT2D eigenvalue weighted by Crippen LogP contribution is 2.20. The Hall–Kier alpha value is -2.57. The van der Waals surface area contributed by atoms with Crippen molar-refractivity contribution in [1.82, 2.24) is 5.32 Å². The molecule has 6 nitrogen and oxygen atoms in total. The quantitative estimate of drug-likeness (QED) is 0.527. The Labute approximate surface area is 159 Å². The number of rotatable bonds is 11. The van der Waals surface area contributed by atoms with E-state index in [0.717, 1.165) is 30.4 Å². The fourth-order valence-corrected chi connectivity index (χ4v) is 2.49. The van der Waals surface area contributed by atoms with Crippen molar-refractivity contribution in [3.05, 3.63) is 65.7 Å². The molecule has 146 valence electrons. The predicted molar refractivity (Wildman–Crippen MR) is 103 cm³/mol. The van der Waals surface area contributed by atoms with Gasteiger partial charge >= 0.3 is 6.09 Å². The molecule has 0 bridgehead atoms. The lowest BCUT2D eigenvalue weighted by atomic mass is 10.1. The van der Waals surface area contributed by atoms with Crippen molar-refractivity contribution in [3.63, 3.8) is 0 Å². The molecule has 0 aromatic heterocycles. The van der Waals surface area contributed by atoms with E-state index < -0.39 is 12.2 Å². The van der Waals surface area contributed by atoms with Crippen molar-refractivity contribution in [2.45, 2.75) is 32.0 Å². The van der Waals surface area contributed by atoms with Crippen molar-refractivity contribution in [2.75, 3.05) is 19.8 Å². The normalized spacial score (nSPS) is 11.6. The second-order valence-corrected chi connectivity index (χ2v) is 6.20. The summed E-state index contributed by atoms with van der Waals surface area (Å²) in [4.78, 5) is 11.7. The molecule has 0 saturated carbocycles. The van der Waals surface area contributed by atoms with Gasteiger partial charge in [0.05, 0.1) is 6.61 Å². The summed E-state index contributed by atoms with van der Waals surface area (Å²) in [5.74, 6) is 0.709. The van der Waals surface area contributed by atoms with Crippen molar-refractivity contribution in [1.29, 1.82) is 0 Å². The number of aliphatic hydroxyl groups excluding tert-OH is 2. The summed E-state index contributed by atoms with van der Waals surface area (Å²) in [7, 11) is 0. The zero-order chi connectivity index (χ0) is 19.3. The Morgan fingerprint density at radius 2 is 1.78 bits per heavy atom. The SMILES string of the molecule is O=C(NCCCCc1ccccc1OCC(O)CO)OCc1ccccc1. The van der Waals surface area contributed by atoms with Crippen molar-refractivity contribution >= 4 is 6.09 Å². The number of amides is 1. The summed E-state index contributed by atoms with van der Waals surface area (Å²) in [6.07, 6.45) is 1.19. The van der Waals surface area contributed by atoms with Gasteiger partial charge in [0.15, 0.2) is 0 Å². The largest absolute Gasteiger partial charge is 0.491 e. The highest BCUT2D eigenvalue weighted by molar-refractivity contribution is 5.67. The summed E-state index contributed by atoms with van der Waals surface area (Å²) < 4.78 is 10.7.